The van der Waals surface area contributed by atoms with Crippen molar-refractivity contribution in [1.29, 1.82) is 0 Å². The first kappa shape index (κ1) is 17.5. The predicted molar refractivity (Wildman–Crippen MR) is 94.9 cm³/mol. The third-order valence-electron chi connectivity index (χ3n) is 3.14. The van der Waals surface area contributed by atoms with Gasteiger partial charge < -0.3 is 9.47 Å². The second-order valence-corrected chi connectivity index (χ2v) is 5.08. The summed E-state index contributed by atoms with van der Waals surface area (Å²) in [5, 5.41) is 3.99. The maximum Gasteiger partial charge on any atom is 0.271 e. The lowest BCUT2D eigenvalue weighted by atomic mass is 10.2. The molecule has 2 aromatic carbocycles. The minimum atomic E-state index is -0.271. The number of hydrogen-bond acceptors (Lipinski definition) is 4. The number of hydrogen-bond donors (Lipinski definition) is 1. The Morgan fingerprint density at radius 2 is 1.88 bits per heavy atom. The van der Waals surface area contributed by atoms with Crippen molar-refractivity contribution in [2.75, 3.05) is 13.2 Å². The van der Waals surface area contributed by atoms with E-state index in [0.29, 0.717) is 18.8 Å². The highest BCUT2D eigenvalue weighted by molar-refractivity contribution is 5.95. The Bertz CT molecular complexity index is 681. The molecule has 5 nitrogen and oxygen atoms in total. The minimum absolute atomic E-state index is 0.271. The van der Waals surface area contributed by atoms with Gasteiger partial charge >= 0.3 is 0 Å². The van der Waals surface area contributed by atoms with Gasteiger partial charge in [-0.2, -0.15) is 5.10 Å². The number of carbonyl (C=O) groups excluding carboxylic acids is 1. The number of carbonyl (C=O) groups is 1. The summed E-state index contributed by atoms with van der Waals surface area (Å²) in [4.78, 5) is 12.0. The van der Waals surface area contributed by atoms with Gasteiger partial charge in [0.1, 0.15) is 11.5 Å². The number of nitrogens with one attached hydrogen (secondary N) is 1. The molecular formula is C19H22N2O3. The molecule has 0 unspecified atom stereocenters. The van der Waals surface area contributed by atoms with Crippen LogP contribution in [0, 0.1) is 0 Å². The van der Waals surface area contributed by atoms with Crippen molar-refractivity contribution in [3.8, 4) is 11.5 Å². The monoisotopic (exact) mass is 326 g/mol. The lowest BCUT2D eigenvalue weighted by Crippen LogP contribution is -2.17. The molecule has 0 bridgehead atoms. The largest absolute Gasteiger partial charge is 0.494 e. The van der Waals surface area contributed by atoms with Crippen molar-refractivity contribution >= 4 is 12.1 Å². The molecule has 2 aromatic rings. The molecule has 5 heteroatoms. The van der Waals surface area contributed by atoms with E-state index in [4.69, 9.17) is 9.47 Å². The smallest absolute Gasteiger partial charge is 0.271 e. The highest BCUT2D eigenvalue weighted by Gasteiger charge is 2.04. The molecule has 24 heavy (non-hydrogen) atoms. The van der Waals surface area contributed by atoms with Gasteiger partial charge in [-0.25, -0.2) is 5.43 Å². The lowest BCUT2D eigenvalue weighted by molar-refractivity contribution is 0.0955. The minimum Gasteiger partial charge on any atom is -0.494 e. The molecule has 2 rings (SSSR count). The van der Waals surface area contributed by atoms with Crippen molar-refractivity contribution < 1.29 is 14.3 Å². The van der Waals surface area contributed by atoms with Gasteiger partial charge in [-0.3, -0.25) is 4.79 Å². The summed E-state index contributed by atoms with van der Waals surface area (Å²) in [5.74, 6) is 1.26. The summed E-state index contributed by atoms with van der Waals surface area (Å²) in [6, 6.07) is 14.5. The van der Waals surface area contributed by atoms with Crippen molar-refractivity contribution in [3.63, 3.8) is 0 Å². The van der Waals surface area contributed by atoms with Crippen LogP contribution in [0.2, 0.25) is 0 Å². The average Bonchev–Trinajstić information content (AvgIpc) is 2.61. The van der Waals surface area contributed by atoms with Crippen LogP contribution in [0.5, 0.6) is 11.5 Å². The number of hydrazone groups is 1. The Hall–Kier alpha value is -2.82. The SMILES string of the molecule is CCCOc1cccc(/C=N\NC(=O)c2ccc(OCC)cc2)c1. The van der Waals surface area contributed by atoms with Gasteiger partial charge in [0.25, 0.3) is 5.91 Å². The molecule has 1 N–H and O–H groups in total. The van der Waals surface area contributed by atoms with Crippen molar-refractivity contribution in [2.45, 2.75) is 20.3 Å². The zero-order valence-electron chi connectivity index (χ0n) is 14.0. The molecule has 0 spiro atoms. The molecule has 0 heterocycles. The van der Waals surface area contributed by atoms with Gasteiger partial charge in [-0.05, 0) is 55.3 Å². The van der Waals surface area contributed by atoms with Gasteiger partial charge in [-0.15, -0.1) is 0 Å². The first-order valence-corrected chi connectivity index (χ1v) is 8.02. The van der Waals surface area contributed by atoms with Crippen LogP contribution in [0.3, 0.4) is 0 Å². The number of benzene rings is 2. The molecule has 0 radical (unpaired) electrons. The molecule has 1 amide bonds. The van der Waals surface area contributed by atoms with E-state index in [0.717, 1.165) is 23.5 Å². The van der Waals surface area contributed by atoms with E-state index in [1.165, 1.54) is 0 Å². The molecule has 126 valence electrons. The van der Waals surface area contributed by atoms with Gasteiger partial charge in [0.15, 0.2) is 0 Å². The topological polar surface area (TPSA) is 59.9 Å². The van der Waals surface area contributed by atoms with Crippen molar-refractivity contribution in [3.05, 3.63) is 59.7 Å². The molecular weight excluding hydrogens is 304 g/mol. The fraction of sp³-hybridized carbons (Fsp3) is 0.263. The Kier molecular flexibility index (Phi) is 6.83. The van der Waals surface area contributed by atoms with Gasteiger partial charge in [0.2, 0.25) is 0 Å². The molecule has 0 fully saturated rings. The molecule has 0 saturated carbocycles. The number of ether oxygens (including phenoxy) is 2. The van der Waals surface area contributed by atoms with Gasteiger partial charge in [0.05, 0.1) is 19.4 Å². The van der Waals surface area contributed by atoms with Crippen LogP contribution in [0.4, 0.5) is 0 Å². The zero-order chi connectivity index (χ0) is 17.2. The maximum atomic E-state index is 12.0. The lowest BCUT2D eigenvalue weighted by Gasteiger charge is -2.05. The van der Waals surface area contributed by atoms with Crippen LogP contribution < -0.4 is 14.9 Å². The van der Waals surface area contributed by atoms with Crippen LogP contribution in [0.25, 0.3) is 0 Å². The Morgan fingerprint density at radius 1 is 1.08 bits per heavy atom. The van der Waals surface area contributed by atoms with Crippen LogP contribution in [-0.4, -0.2) is 25.3 Å². The van der Waals surface area contributed by atoms with Crippen molar-refractivity contribution in [1.82, 2.24) is 5.43 Å². The first-order valence-electron chi connectivity index (χ1n) is 8.02. The molecule has 0 aliphatic heterocycles. The zero-order valence-corrected chi connectivity index (χ0v) is 14.0. The summed E-state index contributed by atoms with van der Waals surface area (Å²) >= 11 is 0. The quantitative estimate of drug-likeness (QED) is 0.595. The van der Waals surface area contributed by atoms with E-state index >= 15 is 0 Å². The Labute approximate surface area is 142 Å². The van der Waals surface area contributed by atoms with Gasteiger partial charge in [0, 0.05) is 5.56 Å². The van der Waals surface area contributed by atoms with E-state index < -0.39 is 0 Å². The second kappa shape index (κ2) is 9.35. The third kappa shape index (κ3) is 5.43. The molecule has 0 saturated heterocycles. The van der Waals surface area contributed by atoms with E-state index in [9.17, 15) is 4.79 Å². The van der Waals surface area contributed by atoms with Crippen LogP contribution >= 0.6 is 0 Å². The average molecular weight is 326 g/mol. The van der Waals surface area contributed by atoms with E-state index in [1.807, 2.05) is 31.2 Å². The number of rotatable bonds is 8. The summed E-state index contributed by atoms with van der Waals surface area (Å²) in [7, 11) is 0. The highest BCUT2D eigenvalue weighted by atomic mass is 16.5. The highest BCUT2D eigenvalue weighted by Crippen LogP contribution is 2.13. The predicted octanol–water partition coefficient (Wildman–Crippen LogP) is 3.64. The molecule has 0 aromatic heterocycles. The van der Waals surface area contributed by atoms with E-state index in [2.05, 4.69) is 17.5 Å². The molecule has 0 aliphatic rings. The summed E-state index contributed by atoms with van der Waals surface area (Å²) < 4.78 is 10.9. The summed E-state index contributed by atoms with van der Waals surface area (Å²) in [5.41, 5.74) is 3.89. The third-order valence-corrected chi connectivity index (χ3v) is 3.14. The van der Waals surface area contributed by atoms with Crippen LogP contribution in [-0.2, 0) is 0 Å². The van der Waals surface area contributed by atoms with Crippen LogP contribution in [0.1, 0.15) is 36.2 Å². The number of nitrogens with zero attached hydrogens (tertiary/aromatic N) is 1. The second-order valence-electron chi connectivity index (χ2n) is 5.08. The fourth-order valence-corrected chi connectivity index (χ4v) is 2.00. The van der Waals surface area contributed by atoms with Crippen molar-refractivity contribution in [2.24, 2.45) is 5.10 Å². The van der Waals surface area contributed by atoms with E-state index in [-0.39, 0.29) is 5.91 Å². The Morgan fingerprint density at radius 3 is 2.58 bits per heavy atom. The Balaban J connectivity index is 1.92. The normalized spacial score (nSPS) is 10.6. The standard InChI is InChI=1S/C19H22N2O3/c1-3-12-24-18-7-5-6-15(13-18)14-20-21-19(22)16-8-10-17(11-9-16)23-4-2/h5-11,13-14H,3-4,12H2,1-2H3,(H,21,22)/b20-14-. The molecule has 0 atom stereocenters. The number of amides is 1. The molecule has 0 aliphatic carbocycles. The summed E-state index contributed by atoms with van der Waals surface area (Å²) in [6.07, 6.45) is 2.54. The van der Waals surface area contributed by atoms with E-state index in [1.54, 1.807) is 30.5 Å². The first-order chi connectivity index (χ1) is 11.7. The fourth-order valence-electron chi connectivity index (χ4n) is 2.00. The van der Waals surface area contributed by atoms with Crippen LogP contribution in [0.15, 0.2) is 53.6 Å². The summed E-state index contributed by atoms with van der Waals surface area (Å²) in [6.45, 7) is 5.24. The maximum absolute atomic E-state index is 12.0. The van der Waals surface area contributed by atoms with Gasteiger partial charge in [-0.1, -0.05) is 19.1 Å².